The Labute approximate surface area is 216 Å². The molecule has 3 amide bonds. The summed E-state index contributed by atoms with van der Waals surface area (Å²) in [4.78, 5) is 42.6. The molecule has 0 saturated carbocycles. The lowest BCUT2D eigenvalue weighted by atomic mass is 10.1. The van der Waals surface area contributed by atoms with Crippen LogP contribution in [0.5, 0.6) is 5.75 Å². The minimum atomic E-state index is -0.898. The van der Waals surface area contributed by atoms with Gasteiger partial charge in [-0.3, -0.25) is 14.4 Å². The first-order valence-corrected chi connectivity index (χ1v) is 12.1. The fraction of sp³-hybridized carbons (Fsp3) is 0.192. The van der Waals surface area contributed by atoms with E-state index in [1.165, 1.54) is 16.9 Å². The van der Waals surface area contributed by atoms with Crippen LogP contribution in [-0.4, -0.2) is 42.3 Å². The van der Waals surface area contributed by atoms with Gasteiger partial charge < -0.3 is 9.64 Å². The van der Waals surface area contributed by atoms with Crippen LogP contribution in [0.2, 0.25) is 5.02 Å². The Morgan fingerprint density at radius 2 is 1.82 bits per heavy atom. The third kappa shape index (κ3) is 5.26. The molecule has 0 radical (unpaired) electrons. The average Bonchev–Trinajstić information content (AvgIpc) is 3.13. The number of hydrogen-bond acceptors (Lipinski definition) is 4. The lowest BCUT2D eigenvalue weighted by molar-refractivity contribution is -0.122. The highest BCUT2D eigenvalue weighted by molar-refractivity contribution is 14.1. The van der Waals surface area contributed by atoms with Crippen molar-refractivity contribution in [3.8, 4) is 5.75 Å². The van der Waals surface area contributed by atoms with Gasteiger partial charge in [0, 0.05) is 20.7 Å². The lowest BCUT2D eigenvalue weighted by Crippen LogP contribution is -2.46. The van der Waals surface area contributed by atoms with Gasteiger partial charge in [-0.2, -0.15) is 0 Å². The molecule has 3 aromatic carbocycles. The van der Waals surface area contributed by atoms with Gasteiger partial charge in [-0.05, 0) is 89.2 Å². The second kappa shape index (κ2) is 10.6. The lowest BCUT2D eigenvalue weighted by Gasteiger charge is -2.28. The number of imide groups is 1. The highest BCUT2D eigenvalue weighted by Crippen LogP contribution is 2.28. The zero-order valence-corrected chi connectivity index (χ0v) is 21.3. The molecule has 8 heteroatoms. The van der Waals surface area contributed by atoms with Gasteiger partial charge in [-0.25, -0.2) is 4.90 Å². The van der Waals surface area contributed by atoms with E-state index in [4.69, 9.17) is 16.3 Å². The molecule has 174 valence electrons. The van der Waals surface area contributed by atoms with Crippen LogP contribution in [0.3, 0.4) is 0 Å². The number of nitrogens with zero attached hydrogens (tertiary/aromatic N) is 2. The van der Waals surface area contributed by atoms with E-state index in [0.717, 1.165) is 9.13 Å². The Morgan fingerprint density at radius 1 is 1.09 bits per heavy atom. The number of hydrogen-bond donors (Lipinski definition) is 0. The van der Waals surface area contributed by atoms with Gasteiger partial charge in [0.1, 0.15) is 11.8 Å². The van der Waals surface area contributed by atoms with Crippen molar-refractivity contribution in [2.45, 2.75) is 18.9 Å². The molecule has 0 aromatic heterocycles. The number of anilines is 1. The summed E-state index contributed by atoms with van der Waals surface area (Å²) in [5.41, 5.74) is 1.82. The van der Waals surface area contributed by atoms with Gasteiger partial charge in [-0.1, -0.05) is 29.8 Å². The topological polar surface area (TPSA) is 66.9 Å². The van der Waals surface area contributed by atoms with Gasteiger partial charge in [0.15, 0.2) is 0 Å². The first-order chi connectivity index (χ1) is 16.4. The fourth-order valence-electron chi connectivity index (χ4n) is 3.98. The molecule has 0 N–H and O–H groups in total. The van der Waals surface area contributed by atoms with E-state index >= 15 is 0 Å². The molecular weight excluding hydrogens is 567 g/mol. The summed E-state index contributed by atoms with van der Waals surface area (Å²) in [6.07, 6.45) is 0.411. The Kier molecular flexibility index (Phi) is 7.53. The largest absolute Gasteiger partial charge is 0.497 e. The molecule has 0 spiro atoms. The standard InChI is InChI=1S/C26H22ClIN2O4/c1-34-22-7-3-5-18(15-22)25(32)29(13-12-17-4-2-6-19(27)14-17)23-16-24(31)30(26(23)33)21-10-8-20(28)9-11-21/h2-11,14-15,23H,12-13,16H2,1H3. The van der Waals surface area contributed by atoms with Crippen LogP contribution in [0.25, 0.3) is 0 Å². The second-order valence-corrected chi connectivity index (χ2v) is 9.56. The van der Waals surface area contributed by atoms with E-state index in [1.807, 2.05) is 30.3 Å². The monoisotopic (exact) mass is 588 g/mol. The number of amides is 3. The summed E-state index contributed by atoms with van der Waals surface area (Å²) in [5.74, 6) is -0.539. The third-order valence-corrected chi connectivity index (χ3v) is 6.65. The van der Waals surface area contributed by atoms with Crippen molar-refractivity contribution >= 4 is 57.6 Å². The summed E-state index contributed by atoms with van der Waals surface area (Å²) in [6, 6.07) is 20.4. The maximum absolute atomic E-state index is 13.6. The van der Waals surface area contributed by atoms with Crippen LogP contribution in [0.4, 0.5) is 5.69 Å². The second-order valence-electron chi connectivity index (χ2n) is 7.87. The van der Waals surface area contributed by atoms with Crippen LogP contribution < -0.4 is 9.64 Å². The van der Waals surface area contributed by atoms with Gasteiger partial charge >= 0.3 is 0 Å². The molecule has 6 nitrogen and oxygen atoms in total. The molecule has 4 rings (SSSR count). The van der Waals surface area contributed by atoms with E-state index in [-0.39, 0.29) is 24.8 Å². The zero-order chi connectivity index (χ0) is 24.2. The molecule has 1 aliphatic heterocycles. The molecule has 3 aromatic rings. The Balaban J connectivity index is 1.65. The minimum absolute atomic E-state index is 0.0733. The van der Waals surface area contributed by atoms with Gasteiger partial charge in [-0.15, -0.1) is 0 Å². The van der Waals surface area contributed by atoms with Crippen molar-refractivity contribution in [1.29, 1.82) is 0 Å². The van der Waals surface area contributed by atoms with Crippen LogP contribution >= 0.6 is 34.2 Å². The predicted molar refractivity (Wildman–Crippen MR) is 139 cm³/mol. The van der Waals surface area contributed by atoms with E-state index < -0.39 is 11.9 Å². The number of ether oxygens (including phenoxy) is 1. The SMILES string of the molecule is COc1cccc(C(=O)N(CCc2cccc(Cl)c2)C2CC(=O)N(c3ccc(I)cc3)C2=O)c1. The van der Waals surface area contributed by atoms with Crippen LogP contribution in [0.15, 0.2) is 72.8 Å². The van der Waals surface area contributed by atoms with Crippen LogP contribution in [-0.2, 0) is 16.0 Å². The predicted octanol–water partition coefficient (Wildman–Crippen LogP) is 4.97. The first-order valence-electron chi connectivity index (χ1n) is 10.7. The van der Waals surface area contributed by atoms with Crippen molar-refractivity contribution in [2.75, 3.05) is 18.6 Å². The molecule has 1 atom stereocenters. The zero-order valence-electron chi connectivity index (χ0n) is 18.4. The fourth-order valence-corrected chi connectivity index (χ4v) is 4.56. The molecule has 1 fully saturated rings. The molecular formula is C26H22ClIN2O4. The third-order valence-electron chi connectivity index (χ3n) is 5.69. The summed E-state index contributed by atoms with van der Waals surface area (Å²) < 4.78 is 6.25. The van der Waals surface area contributed by atoms with Crippen molar-refractivity contribution < 1.29 is 19.1 Å². The Hall–Kier alpha value is -2.91. The van der Waals surface area contributed by atoms with Gasteiger partial charge in [0.05, 0.1) is 19.2 Å². The summed E-state index contributed by atoms with van der Waals surface area (Å²) in [5, 5.41) is 0.597. The summed E-state index contributed by atoms with van der Waals surface area (Å²) >= 11 is 8.28. The van der Waals surface area contributed by atoms with E-state index in [0.29, 0.717) is 28.4 Å². The number of halogens is 2. The summed E-state index contributed by atoms with van der Waals surface area (Å²) in [6.45, 7) is 0.251. The number of carbonyl (C=O) groups is 3. The van der Waals surface area contributed by atoms with Crippen molar-refractivity contribution in [1.82, 2.24) is 4.90 Å². The minimum Gasteiger partial charge on any atom is -0.497 e. The smallest absolute Gasteiger partial charge is 0.257 e. The number of benzene rings is 3. The molecule has 34 heavy (non-hydrogen) atoms. The molecule has 1 heterocycles. The molecule has 0 bridgehead atoms. The van der Waals surface area contributed by atoms with Crippen LogP contribution in [0.1, 0.15) is 22.3 Å². The molecule has 0 aliphatic carbocycles. The highest BCUT2D eigenvalue weighted by atomic mass is 127. The summed E-state index contributed by atoms with van der Waals surface area (Å²) in [7, 11) is 1.53. The normalized spacial score (nSPS) is 15.5. The quantitative estimate of drug-likeness (QED) is 0.289. The number of rotatable bonds is 7. The maximum atomic E-state index is 13.6. The molecule has 1 aliphatic rings. The number of carbonyl (C=O) groups excluding carboxylic acids is 3. The van der Waals surface area contributed by atoms with Gasteiger partial charge in [0.2, 0.25) is 5.91 Å². The van der Waals surface area contributed by atoms with Crippen LogP contribution in [0, 0.1) is 3.57 Å². The molecule has 1 saturated heterocycles. The van der Waals surface area contributed by atoms with Crippen molar-refractivity contribution in [2.24, 2.45) is 0 Å². The number of methoxy groups -OCH3 is 1. The average molecular weight is 589 g/mol. The van der Waals surface area contributed by atoms with Crippen molar-refractivity contribution in [3.63, 3.8) is 0 Å². The first kappa shape index (κ1) is 24.2. The van der Waals surface area contributed by atoms with E-state index in [1.54, 1.807) is 42.5 Å². The van der Waals surface area contributed by atoms with E-state index in [9.17, 15) is 14.4 Å². The van der Waals surface area contributed by atoms with Crippen molar-refractivity contribution in [3.05, 3.63) is 92.5 Å². The van der Waals surface area contributed by atoms with E-state index in [2.05, 4.69) is 22.6 Å². The van der Waals surface area contributed by atoms with Gasteiger partial charge in [0.25, 0.3) is 11.8 Å². The Bertz CT molecular complexity index is 1230. The molecule has 1 unspecified atom stereocenters. The maximum Gasteiger partial charge on any atom is 0.257 e. The highest BCUT2D eigenvalue weighted by Gasteiger charge is 2.44. The Morgan fingerprint density at radius 3 is 2.53 bits per heavy atom.